The fraction of sp³-hybridized carbons (Fsp3) is 0.778. The summed E-state index contributed by atoms with van der Waals surface area (Å²) in [4.78, 5) is 28.7. The van der Waals surface area contributed by atoms with Crippen LogP contribution in [0, 0.1) is 5.92 Å². The molecule has 3 aliphatic heterocycles. The van der Waals surface area contributed by atoms with Gasteiger partial charge < -0.3 is 24.0 Å². The van der Waals surface area contributed by atoms with Gasteiger partial charge in [0.05, 0.1) is 13.2 Å². The van der Waals surface area contributed by atoms with Crippen LogP contribution in [0.5, 0.6) is 0 Å². The lowest BCUT2D eigenvalue weighted by Crippen LogP contribution is -2.43. The Labute approximate surface area is 148 Å². The van der Waals surface area contributed by atoms with Crippen molar-refractivity contribution in [1.29, 1.82) is 0 Å². The number of carbonyl (C=O) groups excluding carboxylic acids is 2. The smallest absolute Gasteiger partial charge is 0.292 e. The Balaban J connectivity index is 1.49. The molecule has 25 heavy (non-hydrogen) atoms. The zero-order valence-electron chi connectivity index (χ0n) is 15.0. The van der Waals surface area contributed by atoms with Gasteiger partial charge in [0.2, 0.25) is 11.7 Å². The van der Waals surface area contributed by atoms with Crippen LogP contribution in [0.2, 0.25) is 0 Å². The van der Waals surface area contributed by atoms with E-state index in [0.717, 1.165) is 25.8 Å². The normalized spacial score (nSPS) is 24.6. The minimum absolute atomic E-state index is 0.0820. The summed E-state index contributed by atoms with van der Waals surface area (Å²) in [5.74, 6) is 1.40. The van der Waals surface area contributed by atoms with Crippen LogP contribution in [-0.4, -0.2) is 74.2 Å². The second-order valence-corrected chi connectivity index (χ2v) is 6.87. The first-order chi connectivity index (χ1) is 12.1. The van der Waals surface area contributed by atoms with Gasteiger partial charge in [-0.15, -0.1) is 0 Å². The van der Waals surface area contributed by atoms with Crippen molar-refractivity contribution in [3.8, 4) is 0 Å². The van der Waals surface area contributed by atoms with Crippen molar-refractivity contribution >= 4 is 11.8 Å². The molecule has 1 unspecified atom stereocenters. The third-order valence-corrected chi connectivity index (χ3v) is 5.10. The Morgan fingerprint density at radius 2 is 1.80 bits per heavy atom. The fourth-order valence-electron chi connectivity index (χ4n) is 3.65. The lowest BCUT2D eigenvalue weighted by molar-refractivity contribution is -0.136. The lowest BCUT2D eigenvalue weighted by atomic mass is 9.93. The number of ether oxygens (including phenoxy) is 3. The molecule has 140 valence electrons. The summed E-state index contributed by atoms with van der Waals surface area (Å²) in [6, 6.07) is 0. The average molecular weight is 352 g/mol. The molecule has 0 spiro atoms. The van der Waals surface area contributed by atoms with E-state index in [4.69, 9.17) is 14.2 Å². The Kier molecular flexibility index (Phi) is 6.18. The SMILES string of the molecule is CC1=C(C(=O)N2CCCC(CCC(=O)N3CCOCC3)C2)OCCO1. The van der Waals surface area contributed by atoms with Gasteiger partial charge in [0.25, 0.3) is 5.91 Å². The van der Waals surface area contributed by atoms with E-state index in [1.165, 1.54) is 0 Å². The number of allylic oxidation sites excluding steroid dienone is 1. The minimum Gasteiger partial charge on any atom is -0.491 e. The van der Waals surface area contributed by atoms with E-state index in [2.05, 4.69) is 0 Å². The summed E-state index contributed by atoms with van der Waals surface area (Å²) in [7, 11) is 0. The van der Waals surface area contributed by atoms with Crippen LogP contribution in [0.3, 0.4) is 0 Å². The number of hydrogen-bond acceptors (Lipinski definition) is 5. The van der Waals surface area contributed by atoms with Crippen LogP contribution in [0.4, 0.5) is 0 Å². The summed E-state index contributed by atoms with van der Waals surface area (Å²) in [6.45, 7) is 6.77. The van der Waals surface area contributed by atoms with Gasteiger partial charge in [0, 0.05) is 32.6 Å². The summed E-state index contributed by atoms with van der Waals surface area (Å²) in [6.07, 6.45) is 3.41. The zero-order chi connectivity index (χ0) is 17.6. The van der Waals surface area contributed by atoms with E-state index in [1.54, 1.807) is 6.92 Å². The first-order valence-electron chi connectivity index (χ1n) is 9.26. The molecular formula is C18H28N2O5. The van der Waals surface area contributed by atoms with Gasteiger partial charge in [-0.25, -0.2) is 0 Å². The van der Waals surface area contributed by atoms with Gasteiger partial charge in [-0.3, -0.25) is 9.59 Å². The van der Waals surface area contributed by atoms with Gasteiger partial charge in [-0.2, -0.15) is 0 Å². The molecule has 0 aromatic heterocycles. The highest BCUT2D eigenvalue weighted by Gasteiger charge is 2.30. The Morgan fingerprint density at radius 3 is 2.56 bits per heavy atom. The number of hydrogen-bond donors (Lipinski definition) is 0. The maximum atomic E-state index is 12.7. The number of rotatable bonds is 4. The highest BCUT2D eigenvalue weighted by Crippen LogP contribution is 2.24. The van der Waals surface area contributed by atoms with Crippen molar-refractivity contribution in [2.24, 2.45) is 5.92 Å². The van der Waals surface area contributed by atoms with Crippen LogP contribution < -0.4 is 0 Å². The highest BCUT2D eigenvalue weighted by atomic mass is 16.6. The van der Waals surface area contributed by atoms with Gasteiger partial charge in [0.15, 0.2) is 0 Å². The number of piperidine rings is 1. The Morgan fingerprint density at radius 1 is 1.04 bits per heavy atom. The quantitative estimate of drug-likeness (QED) is 0.759. The van der Waals surface area contributed by atoms with E-state index in [9.17, 15) is 9.59 Å². The third-order valence-electron chi connectivity index (χ3n) is 5.10. The molecule has 3 heterocycles. The van der Waals surface area contributed by atoms with Gasteiger partial charge in [0.1, 0.15) is 19.0 Å². The van der Waals surface area contributed by atoms with E-state index in [0.29, 0.717) is 69.9 Å². The molecule has 3 aliphatic rings. The largest absolute Gasteiger partial charge is 0.491 e. The molecule has 2 fully saturated rings. The predicted molar refractivity (Wildman–Crippen MR) is 90.5 cm³/mol. The Bertz CT molecular complexity index is 528. The molecule has 0 radical (unpaired) electrons. The average Bonchev–Trinajstić information content (AvgIpc) is 2.67. The first kappa shape index (κ1) is 18.0. The van der Waals surface area contributed by atoms with Crippen LogP contribution in [0.25, 0.3) is 0 Å². The van der Waals surface area contributed by atoms with Crippen molar-refractivity contribution in [2.45, 2.75) is 32.6 Å². The van der Waals surface area contributed by atoms with Crippen molar-refractivity contribution in [3.63, 3.8) is 0 Å². The zero-order valence-corrected chi connectivity index (χ0v) is 15.0. The van der Waals surface area contributed by atoms with Crippen LogP contribution >= 0.6 is 0 Å². The number of nitrogens with zero attached hydrogens (tertiary/aromatic N) is 2. The summed E-state index contributed by atoms with van der Waals surface area (Å²) in [5.41, 5.74) is 0. The molecule has 7 heteroatoms. The van der Waals surface area contributed by atoms with Gasteiger partial charge in [-0.05, 0) is 32.1 Å². The number of morpholine rings is 1. The first-order valence-corrected chi connectivity index (χ1v) is 9.26. The molecule has 0 saturated carbocycles. The molecule has 7 nitrogen and oxygen atoms in total. The molecule has 0 aromatic carbocycles. The summed E-state index contributed by atoms with van der Waals surface area (Å²) in [5, 5.41) is 0. The topological polar surface area (TPSA) is 68.3 Å². The molecule has 0 N–H and O–H groups in total. The standard InChI is InChI=1S/C18H28N2O5/c1-14-17(25-12-11-24-14)18(22)20-6-2-3-15(13-20)4-5-16(21)19-7-9-23-10-8-19/h15H,2-13H2,1H3. The molecule has 0 aliphatic carbocycles. The van der Waals surface area contributed by atoms with E-state index >= 15 is 0 Å². The maximum Gasteiger partial charge on any atom is 0.292 e. The fourth-order valence-corrected chi connectivity index (χ4v) is 3.65. The molecule has 3 rings (SSSR count). The van der Waals surface area contributed by atoms with Crippen molar-refractivity contribution < 1.29 is 23.8 Å². The molecule has 2 saturated heterocycles. The highest BCUT2D eigenvalue weighted by molar-refractivity contribution is 5.92. The molecule has 0 bridgehead atoms. The van der Waals surface area contributed by atoms with Crippen LogP contribution in [0.1, 0.15) is 32.6 Å². The molecular weight excluding hydrogens is 324 g/mol. The van der Waals surface area contributed by atoms with Crippen molar-refractivity contribution in [2.75, 3.05) is 52.6 Å². The van der Waals surface area contributed by atoms with Crippen molar-refractivity contribution in [1.82, 2.24) is 9.80 Å². The summed E-state index contributed by atoms with van der Waals surface area (Å²) < 4.78 is 16.2. The predicted octanol–water partition coefficient (Wildman–Crippen LogP) is 1.14. The van der Waals surface area contributed by atoms with E-state index < -0.39 is 0 Å². The van der Waals surface area contributed by atoms with Gasteiger partial charge >= 0.3 is 0 Å². The molecule has 2 amide bonds. The second-order valence-electron chi connectivity index (χ2n) is 6.87. The molecule has 0 aromatic rings. The van der Waals surface area contributed by atoms with Crippen LogP contribution in [-0.2, 0) is 23.8 Å². The third kappa shape index (κ3) is 4.66. The minimum atomic E-state index is -0.0820. The van der Waals surface area contributed by atoms with Gasteiger partial charge in [-0.1, -0.05) is 0 Å². The van der Waals surface area contributed by atoms with E-state index in [1.807, 2.05) is 9.80 Å². The molecule has 1 atom stereocenters. The monoisotopic (exact) mass is 352 g/mol. The second kappa shape index (κ2) is 8.56. The number of likely N-dealkylation sites (tertiary alicyclic amines) is 1. The lowest BCUT2D eigenvalue weighted by Gasteiger charge is -2.34. The Hall–Kier alpha value is -1.76. The van der Waals surface area contributed by atoms with E-state index in [-0.39, 0.29) is 11.8 Å². The number of amides is 2. The van der Waals surface area contributed by atoms with Crippen LogP contribution in [0.15, 0.2) is 11.5 Å². The van der Waals surface area contributed by atoms with Crippen molar-refractivity contribution in [3.05, 3.63) is 11.5 Å². The number of carbonyl (C=O) groups is 2. The summed E-state index contributed by atoms with van der Waals surface area (Å²) >= 11 is 0. The maximum absolute atomic E-state index is 12.7.